The molecule has 0 saturated carbocycles. The van der Waals surface area contributed by atoms with Gasteiger partial charge in [0.15, 0.2) is 0 Å². The third kappa shape index (κ3) is 3.93. The van der Waals surface area contributed by atoms with Crippen LogP contribution in [0.2, 0.25) is 0 Å². The number of hydrogen-bond donors (Lipinski definition) is 1. The zero-order valence-electron chi connectivity index (χ0n) is 10.5. The van der Waals surface area contributed by atoms with Crippen molar-refractivity contribution < 1.29 is 4.39 Å². The quantitative estimate of drug-likeness (QED) is 0.814. The Kier molecular flexibility index (Phi) is 4.94. The number of aryl methyl sites for hydroxylation is 2. The molecule has 0 radical (unpaired) electrons. The third-order valence-electron chi connectivity index (χ3n) is 2.83. The van der Waals surface area contributed by atoms with Crippen LogP contribution in [0.4, 0.5) is 4.39 Å². The monoisotopic (exact) mass is 223 g/mol. The molecule has 90 valence electrons. The van der Waals surface area contributed by atoms with Crippen LogP contribution >= 0.6 is 0 Å². The van der Waals surface area contributed by atoms with Gasteiger partial charge in [0.25, 0.3) is 0 Å². The lowest BCUT2D eigenvalue weighted by Gasteiger charge is -2.11. The van der Waals surface area contributed by atoms with Crippen molar-refractivity contribution in [2.45, 2.75) is 45.7 Å². The van der Waals surface area contributed by atoms with Crippen LogP contribution in [0.15, 0.2) is 18.2 Å². The molecule has 1 nitrogen and oxygen atoms in total. The van der Waals surface area contributed by atoms with Gasteiger partial charge in [-0.1, -0.05) is 37.6 Å². The van der Waals surface area contributed by atoms with Crippen LogP contribution < -0.4 is 5.73 Å². The molecule has 2 heteroatoms. The Labute approximate surface area is 97.9 Å². The minimum absolute atomic E-state index is 0.128. The second-order valence-electron chi connectivity index (χ2n) is 4.78. The molecule has 0 unspecified atom stereocenters. The number of alkyl halides is 1. The molecule has 0 aliphatic heterocycles. The van der Waals surface area contributed by atoms with Crippen LogP contribution in [0, 0.1) is 6.92 Å². The zero-order chi connectivity index (χ0) is 12.1. The Morgan fingerprint density at radius 2 is 1.94 bits per heavy atom. The summed E-state index contributed by atoms with van der Waals surface area (Å²) in [5.74, 6) is 0.523. The summed E-state index contributed by atoms with van der Waals surface area (Å²) in [6, 6.07) is 6.51. The van der Waals surface area contributed by atoms with Crippen molar-refractivity contribution in [3.8, 4) is 0 Å². The summed E-state index contributed by atoms with van der Waals surface area (Å²) < 4.78 is 13.1. The average molecular weight is 223 g/mol. The van der Waals surface area contributed by atoms with Crippen molar-refractivity contribution in [1.29, 1.82) is 0 Å². The van der Waals surface area contributed by atoms with Crippen LogP contribution in [-0.2, 0) is 6.42 Å². The van der Waals surface area contributed by atoms with Gasteiger partial charge in [-0.3, -0.25) is 0 Å². The van der Waals surface area contributed by atoms with Crippen LogP contribution in [-0.4, -0.2) is 12.7 Å². The molecule has 2 N–H and O–H groups in total. The molecule has 1 atom stereocenters. The van der Waals surface area contributed by atoms with Crippen molar-refractivity contribution in [2.24, 2.45) is 5.73 Å². The maximum Gasteiger partial charge on any atom is 0.113 e. The van der Waals surface area contributed by atoms with Crippen molar-refractivity contribution in [3.05, 3.63) is 34.9 Å². The molecule has 0 spiro atoms. The molecule has 16 heavy (non-hydrogen) atoms. The number of hydrogen-bond acceptors (Lipinski definition) is 1. The van der Waals surface area contributed by atoms with E-state index < -0.39 is 6.17 Å². The summed E-state index contributed by atoms with van der Waals surface area (Å²) in [6.07, 6.45) is 0.431. The van der Waals surface area contributed by atoms with Crippen LogP contribution in [0.3, 0.4) is 0 Å². The second kappa shape index (κ2) is 6.00. The number of rotatable bonds is 5. The highest BCUT2D eigenvalue weighted by Gasteiger charge is 2.06. The van der Waals surface area contributed by atoms with Crippen LogP contribution in [0.25, 0.3) is 0 Å². The molecule has 0 saturated heterocycles. The largest absolute Gasteiger partial charge is 0.328 e. The zero-order valence-corrected chi connectivity index (χ0v) is 10.5. The van der Waals surface area contributed by atoms with Gasteiger partial charge in [0.2, 0.25) is 0 Å². The highest BCUT2D eigenvalue weighted by Crippen LogP contribution is 2.19. The minimum Gasteiger partial charge on any atom is -0.328 e. The third-order valence-corrected chi connectivity index (χ3v) is 2.83. The Morgan fingerprint density at radius 3 is 2.50 bits per heavy atom. The number of nitrogens with two attached hydrogens (primary N) is 1. The summed E-state index contributed by atoms with van der Waals surface area (Å²) in [4.78, 5) is 0. The Hall–Kier alpha value is -0.890. The number of benzene rings is 1. The van der Waals surface area contributed by atoms with Gasteiger partial charge in [-0.15, -0.1) is 0 Å². The highest BCUT2D eigenvalue weighted by atomic mass is 19.1. The molecule has 0 bridgehead atoms. The Balaban J connectivity index is 2.72. The van der Waals surface area contributed by atoms with Gasteiger partial charge < -0.3 is 5.73 Å². The molecular weight excluding hydrogens is 201 g/mol. The lowest BCUT2D eigenvalue weighted by atomic mass is 9.96. The smallest absolute Gasteiger partial charge is 0.113 e. The summed E-state index contributed by atoms with van der Waals surface area (Å²) in [5, 5.41) is 0. The lowest BCUT2D eigenvalue weighted by molar-refractivity contribution is 0.323. The van der Waals surface area contributed by atoms with E-state index in [-0.39, 0.29) is 6.54 Å². The van der Waals surface area contributed by atoms with E-state index >= 15 is 0 Å². The van der Waals surface area contributed by atoms with E-state index in [4.69, 9.17) is 5.73 Å². The Bertz CT molecular complexity index is 334. The molecule has 1 aromatic rings. The molecule has 0 aromatic heterocycles. The van der Waals surface area contributed by atoms with E-state index in [2.05, 4.69) is 39.0 Å². The second-order valence-corrected chi connectivity index (χ2v) is 4.78. The normalized spacial score (nSPS) is 13.1. The predicted octanol–water partition coefficient (Wildman–Crippen LogP) is 3.35. The molecule has 1 aromatic carbocycles. The van der Waals surface area contributed by atoms with E-state index in [0.29, 0.717) is 12.3 Å². The maximum absolute atomic E-state index is 13.1. The van der Waals surface area contributed by atoms with Crippen molar-refractivity contribution in [2.75, 3.05) is 6.54 Å². The minimum atomic E-state index is -0.872. The van der Waals surface area contributed by atoms with Crippen molar-refractivity contribution in [3.63, 3.8) is 0 Å². The molecule has 0 aliphatic carbocycles. The van der Waals surface area contributed by atoms with E-state index in [1.807, 2.05) is 0 Å². The van der Waals surface area contributed by atoms with Gasteiger partial charge in [-0.05, 0) is 36.8 Å². The number of halogens is 1. The molecule has 0 aliphatic rings. The first kappa shape index (κ1) is 13.2. The standard InChI is InChI=1S/C14H22FN/c1-10(2)13-7-11(3)6-12(8-13)4-5-14(15)9-16/h6-8,10,14H,4-5,9,16H2,1-3H3/t14-/m1/s1. The van der Waals surface area contributed by atoms with E-state index in [0.717, 1.165) is 6.42 Å². The first-order valence-electron chi connectivity index (χ1n) is 5.97. The fourth-order valence-corrected chi connectivity index (χ4v) is 1.81. The summed E-state index contributed by atoms with van der Waals surface area (Å²) in [7, 11) is 0. The maximum atomic E-state index is 13.1. The van der Waals surface area contributed by atoms with E-state index in [9.17, 15) is 4.39 Å². The molecular formula is C14H22FN. The topological polar surface area (TPSA) is 26.0 Å². The van der Waals surface area contributed by atoms with Crippen LogP contribution in [0.1, 0.15) is 42.9 Å². The summed E-state index contributed by atoms with van der Waals surface area (Å²) in [6.45, 7) is 6.57. The highest BCUT2D eigenvalue weighted by molar-refractivity contribution is 5.31. The van der Waals surface area contributed by atoms with Gasteiger partial charge in [0, 0.05) is 6.54 Å². The average Bonchev–Trinajstić information content (AvgIpc) is 2.25. The molecule has 1 rings (SSSR count). The predicted molar refractivity (Wildman–Crippen MR) is 67.5 cm³/mol. The van der Waals surface area contributed by atoms with E-state index in [1.165, 1.54) is 16.7 Å². The van der Waals surface area contributed by atoms with E-state index in [1.54, 1.807) is 0 Å². The molecule has 0 amide bonds. The molecule has 0 fully saturated rings. The van der Waals surface area contributed by atoms with Gasteiger partial charge in [-0.2, -0.15) is 0 Å². The fraction of sp³-hybridized carbons (Fsp3) is 0.571. The fourth-order valence-electron chi connectivity index (χ4n) is 1.81. The first-order valence-corrected chi connectivity index (χ1v) is 5.97. The molecule has 0 heterocycles. The van der Waals surface area contributed by atoms with Crippen LogP contribution in [0.5, 0.6) is 0 Å². The SMILES string of the molecule is Cc1cc(CC[C@@H](F)CN)cc(C(C)C)c1. The van der Waals surface area contributed by atoms with Gasteiger partial charge in [0.05, 0.1) is 0 Å². The van der Waals surface area contributed by atoms with Gasteiger partial charge in [0.1, 0.15) is 6.17 Å². The lowest BCUT2D eigenvalue weighted by Crippen LogP contribution is -2.15. The first-order chi connectivity index (χ1) is 7.52. The van der Waals surface area contributed by atoms with Gasteiger partial charge in [-0.25, -0.2) is 4.39 Å². The van der Waals surface area contributed by atoms with Gasteiger partial charge >= 0.3 is 0 Å². The summed E-state index contributed by atoms with van der Waals surface area (Å²) in [5.41, 5.74) is 9.08. The van der Waals surface area contributed by atoms with Crippen molar-refractivity contribution in [1.82, 2.24) is 0 Å². The summed E-state index contributed by atoms with van der Waals surface area (Å²) >= 11 is 0. The Morgan fingerprint density at radius 1 is 1.25 bits per heavy atom. The van der Waals surface area contributed by atoms with Crippen molar-refractivity contribution >= 4 is 0 Å².